The Kier molecular flexibility index (Phi) is 4.45. The van der Waals surface area contributed by atoms with Crippen LogP contribution in [0.2, 0.25) is 5.02 Å². The zero-order chi connectivity index (χ0) is 19.1. The van der Waals surface area contributed by atoms with Gasteiger partial charge in [-0.25, -0.2) is 4.68 Å². The van der Waals surface area contributed by atoms with E-state index in [9.17, 15) is 22.8 Å². The second kappa shape index (κ2) is 6.45. The zero-order valence-electron chi connectivity index (χ0n) is 13.3. The molecule has 1 aromatic heterocycles. The smallest absolute Gasteiger partial charge is 0.321 e. The van der Waals surface area contributed by atoms with Gasteiger partial charge in [-0.2, -0.15) is 18.3 Å². The van der Waals surface area contributed by atoms with Crippen LogP contribution in [0.15, 0.2) is 47.3 Å². The molecule has 1 heterocycles. The monoisotopic (exact) mass is 381 g/mol. The van der Waals surface area contributed by atoms with Crippen molar-refractivity contribution in [3.63, 3.8) is 0 Å². The number of fused-ring (bicyclic) bond motifs is 1. The minimum absolute atomic E-state index is 0.0776. The van der Waals surface area contributed by atoms with Gasteiger partial charge >= 0.3 is 6.18 Å². The number of nitrogens with zero attached hydrogens (tertiary/aromatic N) is 2. The van der Waals surface area contributed by atoms with Crippen LogP contribution in [0.3, 0.4) is 0 Å². The molecule has 0 bridgehead atoms. The van der Waals surface area contributed by atoms with Crippen LogP contribution in [-0.4, -0.2) is 15.7 Å². The normalized spacial score (nSPS) is 11.6. The van der Waals surface area contributed by atoms with Crippen molar-refractivity contribution in [2.75, 3.05) is 5.32 Å². The fourth-order valence-corrected chi connectivity index (χ4v) is 2.70. The maximum Gasteiger partial charge on any atom is 0.417 e. The fraction of sp³-hybridized carbons (Fsp3) is 0.118. The molecule has 9 heteroatoms. The molecule has 0 radical (unpaired) electrons. The summed E-state index contributed by atoms with van der Waals surface area (Å²) in [6.45, 7) is 0. The van der Waals surface area contributed by atoms with Crippen molar-refractivity contribution in [2.24, 2.45) is 7.05 Å². The van der Waals surface area contributed by atoms with Crippen molar-refractivity contribution in [1.29, 1.82) is 0 Å². The minimum Gasteiger partial charge on any atom is -0.321 e. The number of halogens is 4. The summed E-state index contributed by atoms with van der Waals surface area (Å²) in [5.74, 6) is -0.743. The number of hydrogen-bond donors (Lipinski definition) is 1. The number of amides is 1. The second-order valence-electron chi connectivity index (χ2n) is 5.47. The summed E-state index contributed by atoms with van der Waals surface area (Å²) in [5, 5.41) is 6.40. The topological polar surface area (TPSA) is 64.0 Å². The molecule has 1 N–H and O–H groups in total. The Balaban J connectivity index is 2.04. The summed E-state index contributed by atoms with van der Waals surface area (Å²) in [5.41, 5.74) is -1.61. The fourth-order valence-electron chi connectivity index (χ4n) is 2.48. The van der Waals surface area contributed by atoms with E-state index in [4.69, 9.17) is 11.6 Å². The van der Waals surface area contributed by atoms with Crippen molar-refractivity contribution in [2.45, 2.75) is 6.18 Å². The first kappa shape index (κ1) is 17.9. The van der Waals surface area contributed by atoms with Gasteiger partial charge in [0.15, 0.2) is 5.69 Å². The molecule has 0 atom stereocenters. The van der Waals surface area contributed by atoms with Crippen molar-refractivity contribution < 1.29 is 18.0 Å². The first-order valence-corrected chi connectivity index (χ1v) is 7.70. The van der Waals surface area contributed by atoms with E-state index in [1.54, 1.807) is 24.3 Å². The highest BCUT2D eigenvalue weighted by molar-refractivity contribution is 6.31. The van der Waals surface area contributed by atoms with Gasteiger partial charge in [0.2, 0.25) is 0 Å². The lowest BCUT2D eigenvalue weighted by atomic mass is 10.1. The number of carbonyl (C=O) groups excluding carboxylic acids is 1. The van der Waals surface area contributed by atoms with Crippen LogP contribution >= 0.6 is 11.6 Å². The summed E-state index contributed by atoms with van der Waals surface area (Å²) < 4.78 is 39.8. The lowest BCUT2D eigenvalue weighted by Gasteiger charge is -2.12. The molecular formula is C17H11ClF3N3O2. The van der Waals surface area contributed by atoms with E-state index in [1.165, 1.54) is 13.1 Å². The molecule has 26 heavy (non-hydrogen) atoms. The first-order chi connectivity index (χ1) is 12.2. The summed E-state index contributed by atoms with van der Waals surface area (Å²) in [6, 6.07) is 9.39. The summed E-state index contributed by atoms with van der Waals surface area (Å²) in [7, 11) is 1.38. The molecule has 3 aromatic rings. The lowest BCUT2D eigenvalue weighted by Crippen LogP contribution is -2.25. The molecule has 2 aromatic carbocycles. The maximum absolute atomic E-state index is 12.9. The van der Waals surface area contributed by atoms with Gasteiger partial charge in [0.25, 0.3) is 11.5 Å². The van der Waals surface area contributed by atoms with Crippen molar-refractivity contribution in [3.05, 3.63) is 69.1 Å². The largest absolute Gasteiger partial charge is 0.417 e. The Morgan fingerprint density at radius 1 is 1.15 bits per heavy atom. The number of alkyl halides is 3. The predicted molar refractivity (Wildman–Crippen MR) is 91.4 cm³/mol. The second-order valence-corrected chi connectivity index (χ2v) is 5.88. The Morgan fingerprint density at radius 2 is 1.81 bits per heavy atom. The van der Waals surface area contributed by atoms with E-state index in [-0.39, 0.29) is 22.3 Å². The maximum atomic E-state index is 12.9. The number of aromatic nitrogens is 2. The predicted octanol–water partition coefficient (Wildman–Crippen LogP) is 3.86. The van der Waals surface area contributed by atoms with Gasteiger partial charge in [0.1, 0.15) is 0 Å². The van der Waals surface area contributed by atoms with Crippen molar-refractivity contribution in [1.82, 2.24) is 9.78 Å². The van der Waals surface area contributed by atoms with Crippen LogP contribution in [0.1, 0.15) is 16.1 Å². The molecular weight excluding hydrogens is 371 g/mol. The van der Waals surface area contributed by atoms with Gasteiger partial charge in [-0.1, -0.05) is 29.8 Å². The van der Waals surface area contributed by atoms with E-state index in [2.05, 4.69) is 10.4 Å². The van der Waals surface area contributed by atoms with Gasteiger partial charge in [-0.3, -0.25) is 9.59 Å². The number of rotatable bonds is 2. The third-order valence-corrected chi connectivity index (χ3v) is 4.03. The molecule has 0 aliphatic carbocycles. The van der Waals surface area contributed by atoms with Crippen LogP contribution in [0.4, 0.5) is 18.9 Å². The summed E-state index contributed by atoms with van der Waals surface area (Å²) >= 11 is 5.57. The van der Waals surface area contributed by atoms with Crippen LogP contribution in [0, 0.1) is 0 Å². The quantitative estimate of drug-likeness (QED) is 0.733. The van der Waals surface area contributed by atoms with E-state index in [1.807, 2.05) is 0 Å². The third-order valence-electron chi connectivity index (χ3n) is 3.70. The highest BCUT2D eigenvalue weighted by Crippen LogP contribution is 2.36. The van der Waals surface area contributed by atoms with Gasteiger partial charge in [-0.05, 0) is 24.3 Å². The standard InChI is InChI=1S/C17H11ClF3N3O2/c1-24-16(26)11-5-3-2-4-10(11)14(23-24)15(25)22-9-6-7-13(18)12(8-9)17(19,20)21/h2-8H,1H3,(H,22,25). The summed E-state index contributed by atoms with van der Waals surface area (Å²) in [4.78, 5) is 24.6. The van der Waals surface area contributed by atoms with E-state index in [0.717, 1.165) is 16.8 Å². The summed E-state index contributed by atoms with van der Waals surface area (Å²) in [6.07, 6.45) is -4.65. The van der Waals surface area contributed by atoms with Gasteiger partial charge in [-0.15, -0.1) is 0 Å². The van der Waals surface area contributed by atoms with E-state index >= 15 is 0 Å². The van der Waals surface area contributed by atoms with Crippen LogP contribution in [-0.2, 0) is 13.2 Å². The Morgan fingerprint density at radius 3 is 2.46 bits per heavy atom. The first-order valence-electron chi connectivity index (χ1n) is 7.32. The number of carbonyl (C=O) groups is 1. The number of aryl methyl sites for hydroxylation is 1. The van der Waals surface area contributed by atoms with Crippen LogP contribution in [0.25, 0.3) is 10.8 Å². The zero-order valence-corrected chi connectivity index (χ0v) is 14.0. The minimum atomic E-state index is -4.65. The molecule has 0 unspecified atom stereocenters. The molecule has 0 saturated carbocycles. The van der Waals surface area contributed by atoms with E-state index < -0.39 is 22.7 Å². The SMILES string of the molecule is Cn1nc(C(=O)Nc2ccc(Cl)c(C(F)(F)F)c2)c2ccccc2c1=O. The van der Waals surface area contributed by atoms with Gasteiger partial charge in [0, 0.05) is 18.1 Å². The molecule has 0 spiro atoms. The molecule has 3 rings (SSSR count). The molecule has 0 fully saturated rings. The highest BCUT2D eigenvalue weighted by Gasteiger charge is 2.33. The van der Waals surface area contributed by atoms with E-state index in [0.29, 0.717) is 5.39 Å². The lowest BCUT2D eigenvalue weighted by molar-refractivity contribution is -0.137. The van der Waals surface area contributed by atoms with Gasteiger partial charge < -0.3 is 5.32 Å². The third kappa shape index (κ3) is 3.28. The number of nitrogens with one attached hydrogen (secondary N) is 1. The Hall–Kier alpha value is -2.87. The molecule has 134 valence electrons. The van der Waals surface area contributed by atoms with Gasteiger partial charge in [0.05, 0.1) is 16.0 Å². The van der Waals surface area contributed by atoms with Crippen molar-refractivity contribution >= 4 is 34.0 Å². The number of hydrogen-bond acceptors (Lipinski definition) is 3. The molecule has 0 saturated heterocycles. The molecule has 5 nitrogen and oxygen atoms in total. The number of anilines is 1. The number of benzene rings is 2. The highest BCUT2D eigenvalue weighted by atomic mass is 35.5. The Bertz CT molecular complexity index is 1080. The average Bonchev–Trinajstić information content (AvgIpc) is 2.58. The average molecular weight is 382 g/mol. The Labute approximate surface area is 150 Å². The van der Waals surface area contributed by atoms with Crippen molar-refractivity contribution in [3.8, 4) is 0 Å². The molecule has 0 aliphatic heterocycles. The van der Waals surface area contributed by atoms with Crippen LogP contribution in [0.5, 0.6) is 0 Å². The molecule has 0 aliphatic rings. The van der Waals surface area contributed by atoms with Crippen LogP contribution < -0.4 is 10.9 Å². The molecule has 1 amide bonds.